The molecule has 4 nitrogen and oxygen atoms in total. The highest BCUT2D eigenvalue weighted by molar-refractivity contribution is 7.09. The van der Waals surface area contributed by atoms with Crippen molar-refractivity contribution in [3.05, 3.63) is 46.5 Å². The third-order valence-corrected chi connectivity index (χ3v) is 4.33. The van der Waals surface area contributed by atoms with Crippen molar-refractivity contribution in [3.8, 4) is 0 Å². The molecule has 23 heavy (non-hydrogen) atoms. The zero-order chi connectivity index (χ0) is 16.3. The van der Waals surface area contributed by atoms with Crippen LogP contribution in [0.5, 0.6) is 0 Å². The second-order valence-corrected chi connectivity index (χ2v) is 7.00. The van der Waals surface area contributed by atoms with Crippen LogP contribution in [0.4, 0.5) is 0 Å². The number of aliphatic imine (C=N–C) groups is 1. The molecular weight excluding hydrogens is 306 g/mol. The summed E-state index contributed by atoms with van der Waals surface area (Å²) >= 11 is 1.74. The monoisotopic (exact) mass is 333 g/mol. The Morgan fingerprint density at radius 1 is 1.22 bits per heavy atom. The Kier molecular flexibility index (Phi) is 7.73. The summed E-state index contributed by atoms with van der Waals surface area (Å²) in [7, 11) is 0. The van der Waals surface area contributed by atoms with Crippen molar-refractivity contribution in [2.24, 2.45) is 10.9 Å². The van der Waals surface area contributed by atoms with Crippen molar-refractivity contribution >= 4 is 17.3 Å². The fourth-order valence-corrected chi connectivity index (χ4v) is 2.84. The smallest absolute Gasteiger partial charge is 0.191 e. The Balaban J connectivity index is 1.78. The Morgan fingerprint density at radius 2 is 2.09 bits per heavy atom. The summed E-state index contributed by atoms with van der Waals surface area (Å²) in [5.74, 6) is 2.62. The minimum Gasteiger partial charge on any atom is -0.469 e. The highest BCUT2D eigenvalue weighted by Crippen LogP contribution is 2.09. The van der Waals surface area contributed by atoms with Crippen molar-refractivity contribution in [1.29, 1.82) is 0 Å². The van der Waals surface area contributed by atoms with Gasteiger partial charge in [0, 0.05) is 24.4 Å². The maximum absolute atomic E-state index is 5.36. The zero-order valence-corrected chi connectivity index (χ0v) is 14.9. The number of hydrogen-bond acceptors (Lipinski definition) is 3. The molecule has 0 atom stereocenters. The van der Waals surface area contributed by atoms with Crippen LogP contribution in [0.25, 0.3) is 0 Å². The van der Waals surface area contributed by atoms with Crippen LogP contribution < -0.4 is 10.6 Å². The molecule has 0 unspecified atom stereocenters. The van der Waals surface area contributed by atoms with Gasteiger partial charge < -0.3 is 15.1 Å². The van der Waals surface area contributed by atoms with E-state index in [1.165, 1.54) is 11.3 Å². The topological polar surface area (TPSA) is 49.6 Å². The highest BCUT2D eigenvalue weighted by atomic mass is 32.1. The van der Waals surface area contributed by atoms with E-state index in [-0.39, 0.29) is 0 Å². The molecule has 0 saturated carbocycles. The van der Waals surface area contributed by atoms with Crippen molar-refractivity contribution in [3.63, 3.8) is 0 Å². The third-order valence-electron chi connectivity index (χ3n) is 3.47. The van der Waals surface area contributed by atoms with E-state index in [9.17, 15) is 0 Å². The summed E-state index contributed by atoms with van der Waals surface area (Å²) in [5, 5.41) is 8.91. The van der Waals surface area contributed by atoms with Crippen molar-refractivity contribution in [2.75, 3.05) is 13.1 Å². The number of hydrogen-bond donors (Lipinski definition) is 2. The lowest BCUT2D eigenvalue weighted by Crippen LogP contribution is -2.39. The Morgan fingerprint density at radius 3 is 2.78 bits per heavy atom. The average molecular weight is 334 g/mol. The van der Waals surface area contributed by atoms with Gasteiger partial charge in [0.2, 0.25) is 0 Å². The molecule has 2 N–H and O–H groups in total. The van der Waals surface area contributed by atoms with E-state index in [1.807, 2.05) is 12.1 Å². The van der Waals surface area contributed by atoms with E-state index in [1.54, 1.807) is 17.6 Å². The van der Waals surface area contributed by atoms with Gasteiger partial charge >= 0.3 is 0 Å². The molecule has 0 radical (unpaired) electrons. The molecule has 0 bridgehead atoms. The number of guanidine groups is 1. The Labute approximate surface area is 143 Å². The standard InChI is InChI=1S/C18H27N3OS/c1-15(2)6-3-10-19-18(21-14-17-8-5-13-23-17)20-11-9-16-7-4-12-22-16/h4-5,7-8,12-13,15H,3,6,9-11,14H2,1-2H3,(H2,19,20,21). The summed E-state index contributed by atoms with van der Waals surface area (Å²) in [4.78, 5) is 5.95. The van der Waals surface area contributed by atoms with Crippen LogP contribution in [0.2, 0.25) is 0 Å². The molecule has 0 spiro atoms. The minimum atomic E-state index is 0.720. The van der Waals surface area contributed by atoms with Crippen LogP contribution in [-0.4, -0.2) is 19.0 Å². The number of rotatable bonds is 9. The number of nitrogens with zero attached hydrogens (tertiary/aromatic N) is 1. The van der Waals surface area contributed by atoms with E-state index in [4.69, 9.17) is 4.42 Å². The van der Waals surface area contributed by atoms with E-state index in [0.717, 1.165) is 50.1 Å². The van der Waals surface area contributed by atoms with E-state index >= 15 is 0 Å². The van der Waals surface area contributed by atoms with Crippen LogP contribution >= 0.6 is 11.3 Å². The first kappa shape index (κ1) is 17.6. The molecular formula is C18H27N3OS. The normalized spacial score (nSPS) is 11.9. The molecule has 126 valence electrons. The molecule has 0 aliphatic carbocycles. The van der Waals surface area contributed by atoms with E-state index in [0.29, 0.717) is 0 Å². The van der Waals surface area contributed by atoms with Gasteiger partial charge in [-0.05, 0) is 42.3 Å². The van der Waals surface area contributed by atoms with Crippen molar-refractivity contribution < 1.29 is 4.42 Å². The maximum Gasteiger partial charge on any atom is 0.191 e. The van der Waals surface area contributed by atoms with Gasteiger partial charge in [-0.15, -0.1) is 11.3 Å². The first-order chi connectivity index (χ1) is 11.2. The molecule has 0 amide bonds. The summed E-state index contributed by atoms with van der Waals surface area (Å²) in [5.41, 5.74) is 0. The number of nitrogens with one attached hydrogen (secondary N) is 2. The molecule has 2 aromatic rings. The third kappa shape index (κ3) is 7.37. The quantitative estimate of drug-likeness (QED) is 0.413. The average Bonchev–Trinajstić information content (AvgIpc) is 3.21. The molecule has 0 aromatic carbocycles. The largest absolute Gasteiger partial charge is 0.469 e. The van der Waals surface area contributed by atoms with E-state index in [2.05, 4.69) is 47.0 Å². The molecule has 0 aliphatic heterocycles. The van der Waals surface area contributed by atoms with Crippen molar-refractivity contribution in [1.82, 2.24) is 10.6 Å². The van der Waals surface area contributed by atoms with Gasteiger partial charge in [0.1, 0.15) is 5.76 Å². The van der Waals surface area contributed by atoms with Gasteiger partial charge in [-0.1, -0.05) is 19.9 Å². The zero-order valence-electron chi connectivity index (χ0n) is 14.0. The lowest BCUT2D eigenvalue weighted by Gasteiger charge is -2.12. The minimum absolute atomic E-state index is 0.720. The Bertz CT molecular complexity index is 547. The second-order valence-electron chi connectivity index (χ2n) is 5.96. The summed E-state index contributed by atoms with van der Waals surface area (Å²) in [6.45, 7) is 7.00. The van der Waals surface area contributed by atoms with Gasteiger partial charge in [0.05, 0.1) is 12.8 Å². The number of furan rings is 1. The molecule has 0 saturated heterocycles. The van der Waals surface area contributed by atoms with Crippen molar-refractivity contribution in [2.45, 2.75) is 39.7 Å². The second kappa shape index (κ2) is 10.1. The molecule has 2 rings (SSSR count). The lowest BCUT2D eigenvalue weighted by molar-refractivity contribution is 0.506. The molecule has 2 aromatic heterocycles. The fourth-order valence-electron chi connectivity index (χ4n) is 2.21. The molecule has 0 fully saturated rings. The summed E-state index contributed by atoms with van der Waals surface area (Å²) in [6.07, 6.45) is 4.97. The van der Waals surface area contributed by atoms with Crippen LogP contribution in [0.15, 0.2) is 45.3 Å². The predicted octanol–water partition coefficient (Wildman–Crippen LogP) is 4.06. The van der Waals surface area contributed by atoms with Gasteiger partial charge in [-0.2, -0.15) is 0 Å². The molecule has 0 aliphatic rings. The molecule has 2 heterocycles. The van der Waals surface area contributed by atoms with Gasteiger partial charge in [0.15, 0.2) is 5.96 Å². The fraction of sp³-hybridized carbons (Fsp3) is 0.500. The Hall–Kier alpha value is -1.75. The molecule has 5 heteroatoms. The predicted molar refractivity (Wildman–Crippen MR) is 97.9 cm³/mol. The van der Waals surface area contributed by atoms with Crippen LogP contribution in [0.3, 0.4) is 0 Å². The van der Waals surface area contributed by atoms with Gasteiger partial charge in [-0.3, -0.25) is 0 Å². The SMILES string of the molecule is CC(C)CCCNC(=NCc1cccs1)NCCc1ccco1. The van der Waals surface area contributed by atoms with Gasteiger partial charge in [0.25, 0.3) is 0 Å². The van der Waals surface area contributed by atoms with Gasteiger partial charge in [-0.25, -0.2) is 4.99 Å². The van der Waals surface area contributed by atoms with Crippen LogP contribution in [0.1, 0.15) is 37.3 Å². The van der Waals surface area contributed by atoms with Crippen LogP contribution in [0, 0.1) is 5.92 Å². The van der Waals surface area contributed by atoms with Crippen LogP contribution in [-0.2, 0) is 13.0 Å². The summed E-state index contributed by atoms with van der Waals surface area (Å²) < 4.78 is 5.36. The first-order valence-electron chi connectivity index (χ1n) is 8.31. The number of thiophene rings is 1. The summed E-state index contributed by atoms with van der Waals surface area (Å²) in [6, 6.07) is 8.11. The highest BCUT2D eigenvalue weighted by Gasteiger charge is 2.02. The lowest BCUT2D eigenvalue weighted by atomic mass is 10.1. The first-order valence-corrected chi connectivity index (χ1v) is 9.19. The maximum atomic E-state index is 5.36. The van der Waals surface area contributed by atoms with E-state index < -0.39 is 0 Å².